The lowest BCUT2D eigenvalue weighted by molar-refractivity contribution is 0.391. The molecule has 12 heavy (non-hydrogen) atoms. The topological polar surface area (TPSA) is 35.0 Å². The van der Waals surface area contributed by atoms with Gasteiger partial charge in [-0.25, -0.2) is 4.98 Å². The number of aromatic nitrogens is 2. The lowest BCUT2D eigenvalue weighted by Crippen LogP contribution is -2.01. The molecule has 0 aliphatic heterocycles. The van der Waals surface area contributed by atoms with Gasteiger partial charge < -0.3 is 4.74 Å². The summed E-state index contributed by atoms with van der Waals surface area (Å²) in [7, 11) is 1.63. The Morgan fingerprint density at radius 2 is 2.08 bits per heavy atom. The number of ether oxygens (including phenoxy) is 1. The van der Waals surface area contributed by atoms with E-state index in [1.54, 1.807) is 7.11 Å². The van der Waals surface area contributed by atoms with Gasteiger partial charge in [-0.15, -0.1) is 0 Å². The van der Waals surface area contributed by atoms with Gasteiger partial charge in [-0.1, -0.05) is 6.92 Å². The van der Waals surface area contributed by atoms with Gasteiger partial charge >= 0.3 is 0 Å². The van der Waals surface area contributed by atoms with Gasteiger partial charge in [-0.05, 0) is 35.9 Å². The predicted octanol–water partition coefficient (Wildman–Crippen LogP) is 1.96. The molecular weight excluding hydrogens is 267 g/mol. The van der Waals surface area contributed by atoms with Crippen molar-refractivity contribution in [2.75, 3.05) is 7.11 Å². The van der Waals surface area contributed by atoms with Gasteiger partial charge in [0.15, 0.2) is 0 Å². The summed E-state index contributed by atoms with van der Waals surface area (Å²) in [6, 6.07) is 0. The molecular formula is C8H11IN2O. The highest BCUT2D eigenvalue weighted by molar-refractivity contribution is 14.1. The van der Waals surface area contributed by atoms with Crippen LogP contribution in [0.15, 0.2) is 0 Å². The van der Waals surface area contributed by atoms with Gasteiger partial charge in [-0.2, -0.15) is 4.98 Å². The molecule has 4 heteroatoms. The maximum atomic E-state index is 5.11. The zero-order chi connectivity index (χ0) is 9.14. The van der Waals surface area contributed by atoms with Crippen molar-refractivity contribution < 1.29 is 4.74 Å². The first-order valence-electron chi connectivity index (χ1n) is 3.76. The first-order valence-corrected chi connectivity index (χ1v) is 4.84. The minimum atomic E-state index is 0.681. The summed E-state index contributed by atoms with van der Waals surface area (Å²) >= 11 is 2.21. The van der Waals surface area contributed by atoms with Crippen LogP contribution in [-0.2, 0) is 6.42 Å². The van der Waals surface area contributed by atoms with Crippen molar-refractivity contribution >= 4 is 22.6 Å². The minimum Gasteiger partial charge on any atom is -0.480 e. The zero-order valence-electron chi connectivity index (χ0n) is 7.39. The lowest BCUT2D eigenvalue weighted by atomic mass is 10.3. The molecule has 0 N–H and O–H groups in total. The van der Waals surface area contributed by atoms with Crippen molar-refractivity contribution in [3.05, 3.63) is 15.1 Å². The fraction of sp³-hybridized carbons (Fsp3) is 0.500. The molecule has 66 valence electrons. The van der Waals surface area contributed by atoms with Crippen molar-refractivity contribution in [3.63, 3.8) is 0 Å². The molecule has 0 aromatic carbocycles. The van der Waals surface area contributed by atoms with E-state index in [0.29, 0.717) is 5.88 Å². The third-order valence-electron chi connectivity index (χ3n) is 1.53. The molecule has 0 saturated heterocycles. The van der Waals surface area contributed by atoms with E-state index in [2.05, 4.69) is 39.5 Å². The lowest BCUT2D eigenvalue weighted by Gasteiger charge is -2.06. The highest BCUT2D eigenvalue weighted by Gasteiger charge is 2.08. The van der Waals surface area contributed by atoms with E-state index in [1.807, 2.05) is 6.92 Å². The van der Waals surface area contributed by atoms with Gasteiger partial charge in [0.25, 0.3) is 0 Å². The van der Waals surface area contributed by atoms with Gasteiger partial charge in [0.05, 0.1) is 16.4 Å². The van der Waals surface area contributed by atoms with Gasteiger partial charge in [0.1, 0.15) is 5.82 Å². The number of hydrogen-bond acceptors (Lipinski definition) is 3. The predicted molar refractivity (Wildman–Crippen MR) is 55.4 cm³/mol. The first kappa shape index (κ1) is 9.70. The number of nitrogens with zero attached hydrogens (tertiary/aromatic N) is 2. The normalized spacial score (nSPS) is 10.0. The van der Waals surface area contributed by atoms with Crippen LogP contribution < -0.4 is 4.74 Å². The van der Waals surface area contributed by atoms with Crippen LogP contribution in [0.5, 0.6) is 5.88 Å². The van der Waals surface area contributed by atoms with Crippen molar-refractivity contribution in [1.29, 1.82) is 0 Å². The van der Waals surface area contributed by atoms with Crippen LogP contribution in [0.1, 0.15) is 18.4 Å². The van der Waals surface area contributed by atoms with E-state index in [-0.39, 0.29) is 0 Å². The SMILES string of the molecule is CCc1nc(C)nc(OC)c1I. The third kappa shape index (κ3) is 1.85. The van der Waals surface area contributed by atoms with Crippen LogP contribution >= 0.6 is 22.6 Å². The molecule has 0 amide bonds. The average molecular weight is 278 g/mol. The highest BCUT2D eigenvalue weighted by atomic mass is 127. The Bertz CT molecular complexity index is 263. The fourth-order valence-electron chi connectivity index (χ4n) is 0.958. The number of hydrogen-bond donors (Lipinski definition) is 0. The van der Waals surface area contributed by atoms with Gasteiger partial charge in [0, 0.05) is 0 Å². The Morgan fingerprint density at radius 1 is 1.42 bits per heavy atom. The summed E-state index contributed by atoms with van der Waals surface area (Å²) in [6.45, 7) is 3.95. The molecule has 0 radical (unpaired) electrons. The molecule has 0 aliphatic rings. The van der Waals surface area contributed by atoms with Crippen LogP contribution in [0, 0.1) is 10.5 Å². The van der Waals surface area contributed by atoms with Gasteiger partial charge in [0.2, 0.25) is 5.88 Å². The first-order chi connectivity index (χ1) is 5.69. The second-order valence-corrected chi connectivity index (χ2v) is 3.47. The van der Waals surface area contributed by atoms with Gasteiger partial charge in [-0.3, -0.25) is 0 Å². The van der Waals surface area contributed by atoms with E-state index < -0.39 is 0 Å². The van der Waals surface area contributed by atoms with Crippen LogP contribution in [0.25, 0.3) is 0 Å². The molecule has 1 rings (SSSR count). The Balaban J connectivity index is 3.22. The fourth-order valence-corrected chi connectivity index (χ4v) is 1.80. The van der Waals surface area contributed by atoms with Crippen molar-refractivity contribution in [2.45, 2.75) is 20.3 Å². The molecule has 1 aromatic heterocycles. The van der Waals surface area contributed by atoms with E-state index in [0.717, 1.165) is 21.5 Å². The Kier molecular flexibility index (Phi) is 3.25. The van der Waals surface area contributed by atoms with E-state index >= 15 is 0 Å². The Hall–Kier alpha value is -0.390. The monoisotopic (exact) mass is 278 g/mol. The molecule has 1 heterocycles. The molecule has 1 aromatic rings. The average Bonchev–Trinajstić information content (AvgIpc) is 2.08. The minimum absolute atomic E-state index is 0.681. The molecule has 0 spiro atoms. The van der Waals surface area contributed by atoms with E-state index in [4.69, 9.17) is 4.74 Å². The summed E-state index contributed by atoms with van der Waals surface area (Å²) in [5.41, 5.74) is 1.06. The largest absolute Gasteiger partial charge is 0.480 e. The number of halogens is 1. The van der Waals surface area contributed by atoms with E-state index in [9.17, 15) is 0 Å². The Morgan fingerprint density at radius 3 is 2.58 bits per heavy atom. The molecule has 0 aliphatic carbocycles. The molecule has 0 fully saturated rings. The molecule has 0 saturated carbocycles. The van der Waals surface area contributed by atoms with Crippen LogP contribution in [0.3, 0.4) is 0 Å². The summed E-state index contributed by atoms with van der Waals surface area (Å²) in [6.07, 6.45) is 0.915. The number of aryl methyl sites for hydroxylation is 2. The Labute approximate surface area is 85.7 Å². The second kappa shape index (κ2) is 4.02. The highest BCUT2D eigenvalue weighted by Crippen LogP contribution is 2.20. The zero-order valence-corrected chi connectivity index (χ0v) is 9.55. The van der Waals surface area contributed by atoms with Crippen LogP contribution in [-0.4, -0.2) is 17.1 Å². The summed E-state index contributed by atoms with van der Waals surface area (Å²) in [5, 5.41) is 0. The maximum absolute atomic E-state index is 5.11. The number of methoxy groups -OCH3 is 1. The smallest absolute Gasteiger partial charge is 0.230 e. The van der Waals surface area contributed by atoms with Crippen molar-refractivity contribution in [3.8, 4) is 5.88 Å². The summed E-state index contributed by atoms with van der Waals surface area (Å²) < 4.78 is 6.13. The van der Waals surface area contributed by atoms with E-state index in [1.165, 1.54) is 0 Å². The van der Waals surface area contributed by atoms with Crippen LogP contribution in [0.4, 0.5) is 0 Å². The molecule has 0 bridgehead atoms. The molecule has 0 unspecified atom stereocenters. The van der Waals surface area contributed by atoms with Crippen molar-refractivity contribution in [1.82, 2.24) is 9.97 Å². The quantitative estimate of drug-likeness (QED) is 0.776. The standard InChI is InChI=1S/C8H11IN2O/c1-4-6-7(9)8(12-3)11-5(2)10-6/h4H2,1-3H3. The summed E-state index contributed by atoms with van der Waals surface area (Å²) in [5.74, 6) is 1.45. The second-order valence-electron chi connectivity index (χ2n) is 2.39. The molecule has 3 nitrogen and oxygen atoms in total. The number of rotatable bonds is 2. The van der Waals surface area contributed by atoms with Crippen molar-refractivity contribution in [2.24, 2.45) is 0 Å². The van der Waals surface area contributed by atoms with Crippen LogP contribution in [0.2, 0.25) is 0 Å². The maximum Gasteiger partial charge on any atom is 0.230 e. The summed E-state index contributed by atoms with van der Waals surface area (Å²) in [4.78, 5) is 8.46. The third-order valence-corrected chi connectivity index (χ3v) is 2.61. The molecule has 0 atom stereocenters.